The molecule has 1 aromatic heterocycles. The van der Waals surface area contributed by atoms with Crippen LogP contribution in [-0.4, -0.2) is 6.54 Å². The molecule has 1 rings (SSSR count). The van der Waals surface area contributed by atoms with Crippen LogP contribution in [0.2, 0.25) is 0 Å². The third-order valence-electron chi connectivity index (χ3n) is 2.32. The molecule has 0 saturated heterocycles. The Morgan fingerprint density at radius 1 is 1.38 bits per heavy atom. The Labute approximate surface area is 85.2 Å². The minimum atomic E-state index is 0.524. The molecule has 0 aliphatic rings. The molecule has 0 radical (unpaired) electrons. The molecule has 1 atom stereocenters. The Morgan fingerprint density at radius 2 is 2.08 bits per heavy atom. The average Bonchev–Trinajstić information content (AvgIpc) is 2.47. The van der Waals surface area contributed by atoms with Gasteiger partial charge in [0.1, 0.15) is 0 Å². The fourth-order valence-corrected chi connectivity index (χ4v) is 2.50. The van der Waals surface area contributed by atoms with Gasteiger partial charge in [0, 0.05) is 6.04 Å². The number of aryl methyl sites for hydroxylation is 1. The summed E-state index contributed by atoms with van der Waals surface area (Å²) in [4.78, 5) is 0. The van der Waals surface area contributed by atoms with E-state index in [0.29, 0.717) is 12.0 Å². The lowest BCUT2D eigenvalue weighted by Crippen LogP contribution is -2.25. The lowest BCUT2D eigenvalue weighted by atomic mass is 9.96. The van der Waals surface area contributed by atoms with Crippen molar-refractivity contribution in [1.29, 1.82) is 0 Å². The smallest absolute Gasteiger partial charge is 0.0354 e. The van der Waals surface area contributed by atoms with Crippen LogP contribution >= 0.6 is 11.3 Å². The number of thiophene rings is 1. The molecular weight excluding hydrogens is 178 g/mol. The summed E-state index contributed by atoms with van der Waals surface area (Å²) in [5, 5.41) is 8.02. The fraction of sp³-hybridized carbons (Fsp3) is 0.636. The minimum absolute atomic E-state index is 0.524. The molecule has 13 heavy (non-hydrogen) atoms. The molecular formula is C11H19NS. The Hall–Kier alpha value is -0.340. The predicted molar refractivity (Wildman–Crippen MR) is 60.3 cm³/mol. The molecule has 1 heterocycles. The molecule has 0 spiro atoms. The Balaban J connectivity index is 2.82. The molecule has 0 aliphatic carbocycles. The molecule has 0 saturated carbocycles. The van der Waals surface area contributed by atoms with E-state index >= 15 is 0 Å². The summed E-state index contributed by atoms with van der Waals surface area (Å²) in [7, 11) is 0. The highest BCUT2D eigenvalue weighted by molar-refractivity contribution is 7.08. The number of hydrogen-bond acceptors (Lipinski definition) is 2. The van der Waals surface area contributed by atoms with Crippen molar-refractivity contribution in [3.05, 3.63) is 21.9 Å². The Bertz CT molecular complexity index is 252. The van der Waals surface area contributed by atoms with Crippen molar-refractivity contribution in [2.45, 2.75) is 33.7 Å². The summed E-state index contributed by atoms with van der Waals surface area (Å²) in [5.41, 5.74) is 2.89. The Morgan fingerprint density at radius 3 is 2.46 bits per heavy atom. The first-order valence-electron chi connectivity index (χ1n) is 4.92. The highest BCUT2D eigenvalue weighted by Gasteiger charge is 2.16. The summed E-state index contributed by atoms with van der Waals surface area (Å²) in [6.45, 7) is 9.93. The summed E-state index contributed by atoms with van der Waals surface area (Å²) in [6.07, 6.45) is 0. The monoisotopic (exact) mass is 197 g/mol. The van der Waals surface area contributed by atoms with Crippen molar-refractivity contribution in [2.75, 3.05) is 6.54 Å². The topological polar surface area (TPSA) is 12.0 Å². The first-order valence-corrected chi connectivity index (χ1v) is 5.87. The van der Waals surface area contributed by atoms with Crippen molar-refractivity contribution in [2.24, 2.45) is 5.92 Å². The molecule has 74 valence electrons. The molecule has 1 aromatic rings. The molecule has 0 aliphatic heterocycles. The zero-order valence-corrected chi connectivity index (χ0v) is 9.74. The molecule has 1 nitrogen and oxygen atoms in total. The van der Waals surface area contributed by atoms with Crippen molar-refractivity contribution in [1.82, 2.24) is 5.32 Å². The summed E-state index contributed by atoms with van der Waals surface area (Å²) >= 11 is 1.80. The Kier molecular flexibility index (Phi) is 3.94. The second-order valence-corrected chi connectivity index (χ2v) is 4.53. The van der Waals surface area contributed by atoms with Gasteiger partial charge in [0.15, 0.2) is 0 Å². The largest absolute Gasteiger partial charge is 0.310 e. The van der Waals surface area contributed by atoms with Gasteiger partial charge in [0.25, 0.3) is 0 Å². The van der Waals surface area contributed by atoms with Gasteiger partial charge in [-0.05, 0) is 41.3 Å². The second kappa shape index (κ2) is 4.77. The van der Waals surface area contributed by atoms with Gasteiger partial charge in [0.05, 0.1) is 0 Å². The van der Waals surface area contributed by atoms with E-state index in [4.69, 9.17) is 0 Å². The quantitative estimate of drug-likeness (QED) is 0.780. The zero-order chi connectivity index (χ0) is 9.84. The van der Waals surface area contributed by atoms with E-state index in [9.17, 15) is 0 Å². The maximum absolute atomic E-state index is 3.53. The van der Waals surface area contributed by atoms with Gasteiger partial charge in [0.2, 0.25) is 0 Å². The minimum Gasteiger partial charge on any atom is -0.310 e. The van der Waals surface area contributed by atoms with Gasteiger partial charge in [-0.1, -0.05) is 20.8 Å². The van der Waals surface area contributed by atoms with E-state index < -0.39 is 0 Å². The zero-order valence-electron chi connectivity index (χ0n) is 8.92. The lowest BCUT2D eigenvalue weighted by Gasteiger charge is -2.21. The number of rotatable bonds is 4. The third-order valence-corrected chi connectivity index (χ3v) is 3.20. The third kappa shape index (κ3) is 2.55. The first kappa shape index (κ1) is 10.7. The van der Waals surface area contributed by atoms with Gasteiger partial charge >= 0.3 is 0 Å². The van der Waals surface area contributed by atoms with Crippen LogP contribution in [0.5, 0.6) is 0 Å². The predicted octanol–water partition coefficient (Wildman–Crippen LogP) is 3.36. The van der Waals surface area contributed by atoms with Gasteiger partial charge in [-0.25, -0.2) is 0 Å². The van der Waals surface area contributed by atoms with E-state index in [1.54, 1.807) is 11.3 Å². The SMILES string of the molecule is CCNC(c1cscc1C)C(C)C. The van der Waals surface area contributed by atoms with Crippen molar-refractivity contribution < 1.29 is 0 Å². The van der Waals surface area contributed by atoms with Crippen LogP contribution in [-0.2, 0) is 0 Å². The van der Waals surface area contributed by atoms with Gasteiger partial charge < -0.3 is 5.32 Å². The van der Waals surface area contributed by atoms with Crippen LogP contribution in [0, 0.1) is 12.8 Å². The number of hydrogen-bond donors (Lipinski definition) is 1. The maximum Gasteiger partial charge on any atom is 0.0354 e. The fourth-order valence-electron chi connectivity index (χ4n) is 1.61. The van der Waals surface area contributed by atoms with E-state index in [1.807, 2.05) is 0 Å². The van der Waals surface area contributed by atoms with Gasteiger partial charge in [-0.15, -0.1) is 0 Å². The molecule has 1 N–H and O–H groups in total. The summed E-state index contributed by atoms with van der Waals surface area (Å²) < 4.78 is 0. The molecule has 0 amide bonds. The highest BCUT2D eigenvalue weighted by atomic mass is 32.1. The molecule has 0 bridgehead atoms. The normalized spacial score (nSPS) is 13.6. The summed E-state index contributed by atoms with van der Waals surface area (Å²) in [6, 6.07) is 0.524. The van der Waals surface area contributed by atoms with Crippen LogP contribution in [0.1, 0.15) is 37.9 Å². The maximum atomic E-state index is 3.53. The lowest BCUT2D eigenvalue weighted by molar-refractivity contribution is 0.421. The van der Waals surface area contributed by atoms with E-state index in [0.717, 1.165) is 6.54 Å². The number of nitrogens with one attached hydrogen (secondary N) is 1. The van der Waals surface area contributed by atoms with Crippen molar-refractivity contribution in [3.63, 3.8) is 0 Å². The highest BCUT2D eigenvalue weighted by Crippen LogP contribution is 2.27. The van der Waals surface area contributed by atoms with E-state index in [-0.39, 0.29) is 0 Å². The molecule has 2 heteroatoms. The van der Waals surface area contributed by atoms with Crippen LogP contribution < -0.4 is 5.32 Å². The van der Waals surface area contributed by atoms with E-state index in [1.165, 1.54) is 11.1 Å². The van der Waals surface area contributed by atoms with Crippen LogP contribution in [0.25, 0.3) is 0 Å². The van der Waals surface area contributed by atoms with Gasteiger partial charge in [-0.3, -0.25) is 0 Å². The first-order chi connectivity index (χ1) is 6.16. The van der Waals surface area contributed by atoms with Crippen LogP contribution in [0.15, 0.2) is 10.8 Å². The van der Waals surface area contributed by atoms with Gasteiger partial charge in [-0.2, -0.15) is 11.3 Å². The molecule has 1 unspecified atom stereocenters. The molecule has 0 aromatic carbocycles. The van der Waals surface area contributed by atoms with Crippen LogP contribution in [0.4, 0.5) is 0 Å². The summed E-state index contributed by atoms with van der Waals surface area (Å²) in [5.74, 6) is 0.660. The van der Waals surface area contributed by atoms with E-state index in [2.05, 4.69) is 43.8 Å². The standard InChI is InChI=1S/C11H19NS/c1-5-12-11(8(2)3)10-7-13-6-9(10)4/h6-8,11-12H,5H2,1-4H3. The molecule has 0 fully saturated rings. The van der Waals surface area contributed by atoms with Crippen molar-refractivity contribution in [3.8, 4) is 0 Å². The van der Waals surface area contributed by atoms with Crippen LogP contribution in [0.3, 0.4) is 0 Å². The average molecular weight is 197 g/mol. The second-order valence-electron chi connectivity index (χ2n) is 3.79. The van der Waals surface area contributed by atoms with Crippen molar-refractivity contribution >= 4 is 11.3 Å².